The largest absolute Gasteiger partial charge is 0.383 e. The maximum atomic E-state index is 7.64. The van der Waals surface area contributed by atoms with Crippen molar-refractivity contribution in [1.29, 1.82) is 5.41 Å². The van der Waals surface area contributed by atoms with Gasteiger partial charge in [0, 0.05) is 11.8 Å². The third-order valence-corrected chi connectivity index (χ3v) is 2.70. The zero-order chi connectivity index (χ0) is 12.8. The Balaban J connectivity index is 0.000000686. The number of nitrogen functional groups attached to an aromatic ring is 1. The topological polar surface area (TPSA) is 87.7 Å². The monoisotopic (exact) mass is 235 g/mol. The fourth-order valence-corrected chi connectivity index (χ4v) is 1.62. The van der Waals surface area contributed by atoms with Crippen LogP contribution in [-0.2, 0) is 0 Å². The summed E-state index contributed by atoms with van der Waals surface area (Å²) in [5.41, 5.74) is 6.75. The Kier molecular flexibility index (Phi) is 4.87. The summed E-state index contributed by atoms with van der Waals surface area (Å²) >= 11 is 0. The molecule has 0 bridgehead atoms. The number of anilines is 2. The van der Waals surface area contributed by atoms with Crippen molar-refractivity contribution in [3.63, 3.8) is 0 Å². The van der Waals surface area contributed by atoms with Gasteiger partial charge in [-0.2, -0.15) is 0 Å². The lowest BCUT2D eigenvalue weighted by atomic mass is 9.93. The van der Waals surface area contributed by atoms with Crippen LogP contribution in [-0.4, -0.2) is 21.7 Å². The number of aromatic nitrogens is 2. The van der Waals surface area contributed by atoms with Gasteiger partial charge < -0.3 is 16.5 Å². The molecule has 1 aromatic heterocycles. The Labute approximate surface area is 102 Å². The Morgan fingerprint density at radius 2 is 2.06 bits per heavy atom. The van der Waals surface area contributed by atoms with Crippen molar-refractivity contribution in [2.45, 2.75) is 46.1 Å². The van der Waals surface area contributed by atoms with E-state index in [0.717, 1.165) is 0 Å². The Morgan fingerprint density at radius 1 is 1.41 bits per heavy atom. The van der Waals surface area contributed by atoms with Crippen molar-refractivity contribution in [3.8, 4) is 0 Å². The summed E-state index contributed by atoms with van der Waals surface area (Å²) in [6, 6.07) is 0.484. The van der Waals surface area contributed by atoms with Crippen molar-refractivity contribution in [2.75, 3.05) is 11.1 Å². The van der Waals surface area contributed by atoms with Gasteiger partial charge >= 0.3 is 0 Å². The minimum Gasteiger partial charge on any atom is -0.383 e. The van der Waals surface area contributed by atoms with E-state index in [1.807, 2.05) is 13.8 Å². The van der Waals surface area contributed by atoms with Crippen LogP contribution < -0.4 is 11.1 Å². The summed E-state index contributed by atoms with van der Waals surface area (Å²) in [4.78, 5) is 8.04. The highest BCUT2D eigenvalue weighted by molar-refractivity contribution is 6.04. The zero-order valence-electron chi connectivity index (χ0n) is 10.7. The van der Waals surface area contributed by atoms with Crippen LogP contribution in [0.5, 0.6) is 0 Å². The summed E-state index contributed by atoms with van der Waals surface area (Å²) in [5.74, 6) is 1.07. The molecule has 0 aliphatic heterocycles. The summed E-state index contributed by atoms with van der Waals surface area (Å²) in [6.07, 6.45) is 5.03. The first-order valence-electron chi connectivity index (χ1n) is 6.11. The van der Waals surface area contributed by atoms with Gasteiger partial charge in [0.2, 0.25) is 0 Å². The lowest BCUT2D eigenvalue weighted by Gasteiger charge is -2.27. The van der Waals surface area contributed by atoms with Crippen LogP contribution in [0.3, 0.4) is 0 Å². The molecular weight excluding hydrogens is 214 g/mol. The second-order valence-corrected chi connectivity index (χ2v) is 3.88. The van der Waals surface area contributed by atoms with Crippen LogP contribution >= 0.6 is 0 Å². The molecule has 0 aromatic carbocycles. The summed E-state index contributed by atoms with van der Waals surface area (Å²) in [7, 11) is 0. The van der Waals surface area contributed by atoms with Gasteiger partial charge in [-0.1, -0.05) is 13.8 Å². The maximum absolute atomic E-state index is 7.64. The summed E-state index contributed by atoms with van der Waals surface area (Å²) < 4.78 is 0. The normalized spacial score (nSPS) is 14.3. The molecule has 17 heavy (non-hydrogen) atoms. The molecule has 1 fully saturated rings. The molecule has 1 aliphatic carbocycles. The van der Waals surface area contributed by atoms with Gasteiger partial charge in [0.05, 0.1) is 5.56 Å². The molecule has 1 aliphatic rings. The Bertz CT molecular complexity index is 384. The maximum Gasteiger partial charge on any atom is 0.140 e. The fraction of sp³-hybridized carbons (Fsp3) is 0.583. The third-order valence-electron chi connectivity index (χ3n) is 2.70. The van der Waals surface area contributed by atoms with E-state index in [4.69, 9.17) is 11.1 Å². The predicted molar refractivity (Wildman–Crippen MR) is 71.6 cm³/mol. The van der Waals surface area contributed by atoms with Crippen LogP contribution in [0.25, 0.3) is 0 Å². The first-order chi connectivity index (χ1) is 8.18. The minimum absolute atomic E-state index is 0.374. The Hall–Kier alpha value is -1.65. The second kappa shape index (κ2) is 6.18. The van der Waals surface area contributed by atoms with Crippen molar-refractivity contribution in [2.24, 2.45) is 0 Å². The molecule has 0 spiro atoms. The van der Waals surface area contributed by atoms with E-state index >= 15 is 0 Å². The highest BCUT2D eigenvalue weighted by atomic mass is 15.1. The molecule has 0 unspecified atom stereocenters. The van der Waals surface area contributed by atoms with Gasteiger partial charge in [0.1, 0.15) is 18.0 Å². The van der Waals surface area contributed by atoms with E-state index in [2.05, 4.69) is 15.3 Å². The SMILES string of the molecule is CC.CC(=N)c1c(N)ncnc1NC1CCC1. The highest BCUT2D eigenvalue weighted by Gasteiger charge is 2.20. The molecule has 0 saturated heterocycles. The molecule has 0 amide bonds. The van der Waals surface area contributed by atoms with Crippen LogP contribution in [0.1, 0.15) is 45.6 Å². The van der Waals surface area contributed by atoms with Crippen molar-refractivity contribution >= 4 is 17.3 Å². The van der Waals surface area contributed by atoms with E-state index in [1.54, 1.807) is 6.92 Å². The fourth-order valence-electron chi connectivity index (χ4n) is 1.62. The molecule has 1 aromatic rings. The molecule has 94 valence electrons. The number of hydrogen-bond donors (Lipinski definition) is 3. The van der Waals surface area contributed by atoms with E-state index in [0.29, 0.717) is 29.0 Å². The lowest BCUT2D eigenvalue weighted by Crippen LogP contribution is -2.28. The smallest absolute Gasteiger partial charge is 0.140 e. The first-order valence-corrected chi connectivity index (χ1v) is 6.11. The van der Waals surface area contributed by atoms with Crippen LogP contribution in [0, 0.1) is 5.41 Å². The molecule has 2 rings (SSSR count). The van der Waals surface area contributed by atoms with Gasteiger partial charge in [-0.15, -0.1) is 0 Å². The first kappa shape index (κ1) is 13.4. The number of nitrogens with one attached hydrogen (secondary N) is 2. The van der Waals surface area contributed by atoms with Crippen LogP contribution in [0.2, 0.25) is 0 Å². The quantitative estimate of drug-likeness (QED) is 0.702. The standard InChI is InChI=1S/C10H15N5.C2H6/c1-6(11)8-9(12)13-5-14-10(8)15-7-3-2-4-7;1-2/h5,7,11H,2-4H2,1H3,(H3,12,13,14,15);1-2H3. The average Bonchev–Trinajstić information content (AvgIpc) is 2.26. The third kappa shape index (κ3) is 3.15. The minimum atomic E-state index is 0.374. The molecule has 0 atom stereocenters. The van der Waals surface area contributed by atoms with E-state index in [1.165, 1.54) is 25.6 Å². The number of rotatable bonds is 3. The molecule has 1 heterocycles. The number of nitrogens with two attached hydrogens (primary N) is 1. The molecular formula is C12H21N5. The van der Waals surface area contributed by atoms with Crippen molar-refractivity contribution in [1.82, 2.24) is 9.97 Å². The Morgan fingerprint density at radius 3 is 2.53 bits per heavy atom. The lowest BCUT2D eigenvalue weighted by molar-refractivity contribution is 0.444. The number of hydrogen-bond acceptors (Lipinski definition) is 5. The highest BCUT2D eigenvalue weighted by Crippen LogP contribution is 2.25. The number of nitrogens with zero attached hydrogens (tertiary/aromatic N) is 2. The van der Waals surface area contributed by atoms with E-state index in [-0.39, 0.29) is 0 Å². The summed E-state index contributed by atoms with van der Waals surface area (Å²) in [5, 5.41) is 10.9. The van der Waals surface area contributed by atoms with Gasteiger partial charge in [0.15, 0.2) is 0 Å². The average molecular weight is 235 g/mol. The summed E-state index contributed by atoms with van der Waals surface area (Å²) in [6.45, 7) is 5.70. The molecule has 0 radical (unpaired) electrons. The molecule has 1 saturated carbocycles. The van der Waals surface area contributed by atoms with E-state index < -0.39 is 0 Å². The van der Waals surface area contributed by atoms with Crippen LogP contribution in [0.15, 0.2) is 6.33 Å². The van der Waals surface area contributed by atoms with Crippen molar-refractivity contribution in [3.05, 3.63) is 11.9 Å². The van der Waals surface area contributed by atoms with Crippen LogP contribution in [0.4, 0.5) is 11.6 Å². The molecule has 5 nitrogen and oxygen atoms in total. The molecule has 4 N–H and O–H groups in total. The van der Waals surface area contributed by atoms with Gasteiger partial charge in [-0.05, 0) is 26.2 Å². The van der Waals surface area contributed by atoms with E-state index in [9.17, 15) is 0 Å². The molecule has 5 heteroatoms. The second-order valence-electron chi connectivity index (χ2n) is 3.88. The van der Waals surface area contributed by atoms with Crippen molar-refractivity contribution < 1.29 is 0 Å². The predicted octanol–water partition coefficient (Wildman–Crippen LogP) is 2.44. The van der Waals surface area contributed by atoms with Gasteiger partial charge in [0.25, 0.3) is 0 Å². The van der Waals surface area contributed by atoms with Gasteiger partial charge in [-0.3, -0.25) is 0 Å². The van der Waals surface area contributed by atoms with Gasteiger partial charge in [-0.25, -0.2) is 9.97 Å². The zero-order valence-corrected chi connectivity index (χ0v) is 10.7.